The minimum atomic E-state index is -0.466. The van der Waals surface area contributed by atoms with Crippen LogP contribution in [0.3, 0.4) is 0 Å². The molecule has 1 aliphatic heterocycles. The Labute approximate surface area is 142 Å². The molecule has 2 aromatic heterocycles. The normalized spacial score (nSPS) is 17.6. The van der Waals surface area contributed by atoms with Crippen molar-refractivity contribution in [2.45, 2.75) is 19.0 Å². The third-order valence-corrected chi connectivity index (χ3v) is 4.92. The average Bonchev–Trinajstić information content (AvgIpc) is 3.25. The standard InChI is InChI=1S/C17H16N4O2S/c18-16(22)15-13-4-2-1-3-11(13)5-7-21(15)9-14-19-17(20-23-14)12-6-8-24-10-12/h1-4,6,8,10,15H,5,7,9H2,(H2,18,22)/t15-/m0/s1. The van der Waals surface area contributed by atoms with Crippen LogP contribution in [0.25, 0.3) is 11.4 Å². The molecule has 3 aromatic rings. The van der Waals surface area contributed by atoms with E-state index in [2.05, 4.69) is 10.1 Å². The summed E-state index contributed by atoms with van der Waals surface area (Å²) in [5, 5.41) is 7.95. The number of hydrogen-bond acceptors (Lipinski definition) is 6. The Bertz CT molecular complexity index is 859. The van der Waals surface area contributed by atoms with Gasteiger partial charge in [0.2, 0.25) is 17.6 Å². The minimum Gasteiger partial charge on any atom is -0.368 e. The molecular formula is C17H16N4O2S. The molecule has 7 heteroatoms. The smallest absolute Gasteiger partial charge is 0.241 e. The van der Waals surface area contributed by atoms with Crippen LogP contribution in [-0.2, 0) is 17.8 Å². The van der Waals surface area contributed by atoms with Gasteiger partial charge in [-0.1, -0.05) is 29.4 Å². The maximum atomic E-state index is 12.0. The van der Waals surface area contributed by atoms with Gasteiger partial charge in [0.05, 0.1) is 6.54 Å². The number of fused-ring (bicyclic) bond motifs is 1. The number of rotatable bonds is 4. The minimum absolute atomic E-state index is 0.361. The molecule has 0 unspecified atom stereocenters. The summed E-state index contributed by atoms with van der Waals surface area (Å²) in [5.41, 5.74) is 8.73. The van der Waals surface area contributed by atoms with Gasteiger partial charge in [-0.2, -0.15) is 16.3 Å². The van der Waals surface area contributed by atoms with E-state index in [9.17, 15) is 4.79 Å². The fourth-order valence-corrected chi connectivity index (χ4v) is 3.76. The Kier molecular flexibility index (Phi) is 3.87. The van der Waals surface area contributed by atoms with Crippen LogP contribution in [0.4, 0.5) is 0 Å². The molecule has 6 nitrogen and oxygen atoms in total. The predicted molar refractivity (Wildman–Crippen MR) is 90.1 cm³/mol. The molecule has 0 saturated carbocycles. The summed E-state index contributed by atoms with van der Waals surface area (Å²) in [7, 11) is 0. The third kappa shape index (κ3) is 2.72. The van der Waals surface area contributed by atoms with Gasteiger partial charge in [0.1, 0.15) is 6.04 Å². The van der Waals surface area contributed by atoms with E-state index in [1.165, 1.54) is 5.56 Å². The summed E-state index contributed by atoms with van der Waals surface area (Å²) in [6.07, 6.45) is 0.867. The van der Waals surface area contributed by atoms with Crippen molar-refractivity contribution in [3.05, 3.63) is 58.1 Å². The first-order chi connectivity index (χ1) is 11.7. The molecule has 0 spiro atoms. The van der Waals surface area contributed by atoms with Crippen LogP contribution in [0.15, 0.2) is 45.6 Å². The van der Waals surface area contributed by atoms with Crippen molar-refractivity contribution in [1.29, 1.82) is 0 Å². The molecule has 0 saturated heterocycles. The molecule has 24 heavy (non-hydrogen) atoms. The van der Waals surface area contributed by atoms with Crippen molar-refractivity contribution in [3.8, 4) is 11.4 Å². The quantitative estimate of drug-likeness (QED) is 0.788. The Morgan fingerprint density at radius 1 is 1.38 bits per heavy atom. The van der Waals surface area contributed by atoms with E-state index in [0.29, 0.717) is 18.3 Å². The molecule has 4 rings (SSSR count). The first-order valence-corrected chi connectivity index (χ1v) is 8.63. The number of amides is 1. The SMILES string of the molecule is NC(=O)[C@@H]1c2ccccc2CCN1Cc1nc(-c2ccsc2)no1. The van der Waals surface area contributed by atoms with Crippen LogP contribution >= 0.6 is 11.3 Å². The lowest BCUT2D eigenvalue weighted by molar-refractivity contribution is -0.124. The number of nitrogens with two attached hydrogens (primary N) is 1. The van der Waals surface area contributed by atoms with Crippen molar-refractivity contribution < 1.29 is 9.32 Å². The lowest BCUT2D eigenvalue weighted by atomic mass is 9.92. The van der Waals surface area contributed by atoms with E-state index in [4.69, 9.17) is 10.3 Å². The van der Waals surface area contributed by atoms with Crippen molar-refractivity contribution in [3.63, 3.8) is 0 Å². The van der Waals surface area contributed by atoms with Crippen LogP contribution in [0.2, 0.25) is 0 Å². The summed E-state index contributed by atoms with van der Waals surface area (Å²) in [5.74, 6) is 0.695. The van der Waals surface area contributed by atoms with Crippen molar-refractivity contribution >= 4 is 17.2 Å². The monoisotopic (exact) mass is 340 g/mol. The number of hydrogen-bond donors (Lipinski definition) is 1. The van der Waals surface area contributed by atoms with Crippen molar-refractivity contribution in [1.82, 2.24) is 15.0 Å². The van der Waals surface area contributed by atoms with Crippen LogP contribution in [-0.4, -0.2) is 27.5 Å². The molecule has 1 amide bonds. The Morgan fingerprint density at radius 2 is 2.25 bits per heavy atom. The van der Waals surface area contributed by atoms with E-state index < -0.39 is 6.04 Å². The number of thiophene rings is 1. The fraction of sp³-hybridized carbons (Fsp3) is 0.235. The number of carbonyl (C=O) groups is 1. The van der Waals surface area contributed by atoms with Gasteiger partial charge in [-0.25, -0.2) is 0 Å². The van der Waals surface area contributed by atoms with E-state index >= 15 is 0 Å². The van der Waals surface area contributed by atoms with Gasteiger partial charge in [-0.15, -0.1) is 0 Å². The highest BCUT2D eigenvalue weighted by Crippen LogP contribution is 2.30. The van der Waals surface area contributed by atoms with Crippen LogP contribution in [0.1, 0.15) is 23.1 Å². The zero-order valence-electron chi connectivity index (χ0n) is 12.9. The Morgan fingerprint density at radius 3 is 3.04 bits per heavy atom. The highest BCUT2D eigenvalue weighted by atomic mass is 32.1. The largest absolute Gasteiger partial charge is 0.368 e. The number of benzene rings is 1. The summed E-state index contributed by atoms with van der Waals surface area (Å²) >= 11 is 1.58. The van der Waals surface area contributed by atoms with Gasteiger partial charge in [0.15, 0.2) is 0 Å². The number of carbonyl (C=O) groups excluding carboxylic acids is 1. The van der Waals surface area contributed by atoms with E-state index in [1.807, 2.05) is 46.0 Å². The summed E-state index contributed by atoms with van der Waals surface area (Å²) in [6.45, 7) is 1.12. The molecule has 0 bridgehead atoms. The molecule has 2 N–H and O–H groups in total. The van der Waals surface area contributed by atoms with Gasteiger partial charge in [-0.05, 0) is 29.0 Å². The Hall–Kier alpha value is -2.51. The second-order valence-electron chi connectivity index (χ2n) is 5.75. The first kappa shape index (κ1) is 15.0. The molecule has 0 aliphatic carbocycles. The van der Waals surface area contributed by atoms with E-state index in [0.717, 1.165) is 24.1 Å². The van der Waals surface area contributed by atoms with Gasteiger partial charge in [0, 0.05) is 17.5 Å². The van der Waals surface area contributed by atoms with Gasteiger partial charge in [-0.3, -0.25) is 9.69 Å². The molecule has 1 atom stereocenters. The summed E-state index contributed by atoms with van der Waals surface area (Å²) in [6, 6.07) is 9.40. The van der Waals surface area contributed by atoms with Crippen LogP contribution in [0, 0.1) is 0 Å². The second-order valence-corrected chi connectivity index (χ2v) is 6.53. The van der Waals surface area contributed by atoms with Gasteiger partial charge < -0.3 is 10.3 Å². The number of aromatic nitrogens is 2. The van der Waals surface area contributed by atoms with Crippen molar-refractivity contribution in [2.75, 3.05) is 6.54 Å². The number of nitrogens with zero attached hydrogens (tertiary/aromatic N) is 3. The zero-order valence-corrected chi connectivity index (χ0v) is 13.7. The molecule has 122 valence electrons. The third-order valence-electron chi connectivity index (χ3n) is 4.24. The van der Waals surface area contributed by atoms with Crippen LogP contribution < -0.4 is 5.73 Å². The Balaban J connectivity index is 1.59. The summed E-state index contributed by atoms with van der Waals surface area (Å²) in [4.78, 5) is 18.5. The highest BCUT2D eigenvalue weighted by molar-refractivity contribution is 7.08. The topological polar surface area (TPSA) is 85.3 Å². The molecule has 0 fully saturated rings. The van der Waals surface area contributed by atoms with Gasteiger partial charge in [0.25, 0.3) is 0 Å². The molecule has 3 heterocycles. The second kappa shape index (κ2) is 6.18. The van der Waals surface area contributed by atoms with Crippen molar-refractivity contribution in [2.24, 2.45) is 5.73 Å². The lowest BCUT2D eigenvalue weighted by Crippen LogP contribution is -2.42. The lowest BCUT2D eigenvalue weighted by Gasteiger charge is -2.34. The molecular weight excluding hydrogens is 324 g/mol. The molecule has 1 aliphatic rings. The molecule has 0 radical (unpaired) electrons. The van der Waals surface area contributed by atoms with E-state index in [1.54, 1.807) is 11.3 Å². The summed E-state index contributed by atoms with van der Waals surface area (Å²) < 4.78 is 5.36. The van der Waals surface area contributed by atoms with Gasteiger partial charge >= 0.3 is 0 Å². The number of primary amides is 1. The fourth-order valence-electron chi connectivity index (χ4n) is 3.12. The zero-order chi connectivity index (χ0) is 16.5. The maximum absolute atomic E-state index is 12.0. The maximum Gasteiger partial charge on any atom is 0.241 e. The first-order valence-electron chi connectivity index (χ1n) is 7.68. The van der Waals surface area contributed by atoms with E-state index in [-0.39, 0.29) is 5.91 Å². The average molecular weight is 340 g/mol. The van der Waals surface area contributed by atoms with Crippen LogP contribution in [0.5, 0.6) is 0 Å². The highest BCUT2D eigenvalue weighted by Gasteiger charge is 2.32. The predicted octanol–water partition coefficient (Wildman–Crippen LogP) is 2.38. The molecule has 1 aromatic carbocycles.